The molecule has 4 heterocycles. The zero-order valence-corrected chi connectivity index (χ0v) is 25.1. The number of hydrogen-bond acceptors (Lipinski definition) is 13. The molecule has 2 amide bonds. The number of hydrogen-bond donors (Lipinski definition) is 4. The standard InChI is InChI=1S/C24H20N6O8S2.Na/c1-37-29-17(14-9-40-24(25)26-14)20(33)27-18-21(34)30-19(23(35)36)11(8-39-22(18)30)2-4-12-7-13(28-38-12)10-3-5-15(31)16(32)6-10;/h2-7,9,18,22,31-32H,8H2,1H3,(H2,25,26)(H,27,33)(H,35,36);/q;+1/p-1/b4-2+,29-17+;/t18-,22-;/m1./s1. The fourth-order valence-corrected chi connectivity index (χ4v) is 5.90. The SMILES string of the molecule is CO/N=C(/C(=O)N[C@@H]1C(=O)N2C(C(=O)O)=C(/C=C/c3cc(-c4ccc([O-])c(O)c4)no3)CS[C@H]12)c1csc(N)n1.[Na+]. The molecule has 0 bridgehead atoms. The van der Waals surface area contributed by atoms with Crippen molar-refractivity contribution in [1.29, 1.82) is 0 Å². The van der Waals surface area contributed by atoms with Gasteiger partial charge in [-0.1, -0.05) is 34.3 Å². The number of aliphatic carboxylic acids is 1. The van der Waals surface area contributed by atoms with Gasteiger partial charge in [0.2, 0.25) is 0 Å². The summed E-state index contributed by atoms with van der Waals surface area (Å²) in [5.41, 5.74) is 6.58. The van der Waals surface area contributed by atoms with E-state index in [2.05, 4.69) is 20.6 Å². The topological polar surface area (TPSA) is 217 Å². The average Bonchev–Trinajstić information content (AvgIpc) is 3.59. The van der Waals surface area contributed by atoms with Gasteiger partial charge >= 0.3 is 35.5 Å². The quantitative estimate of drug-likeness (QED) is 0.0945. The average molecular weight is 607 g/mol. The van der Waals surface area contributed by atoms with Crippen LogP contribution in [0.2, 0.25) is 0 Å². The Morgan fingerprint density at radius 3 is 2.78 bits per heavy atom. The van der Waals surface area contributed by atoms with Crippen molar-refractivity contribution in [2.24, 2.45) is 5.16 Å². The Bertz CT molecular complexity index is 1620. The number of allylic oxidation sites excluding steroid dienone is 1. The van der Waals surface area contributed by atoms with E-state index in [1.165, 1.54) is 54.6 Å². The molecular formula is C24H19N6NaO8S2. The maximum atomic E-state index is 13.0. The number of carbonyl (C=O) groups excluding carboxylic acids is 2. The van der Waals surface area contributed by atoms with Crippen LogP contribution in [0.4, 0.5) is 5.13 Å². The molecule has 5 rings (SSSR count). The van der Waals surface area contributed by atoms with Gasteiger partial charge < -0.3 is 35.7 Å². The number of nitrogens with one attached hydrogen (secondary N) is 1. The number of anilines is 1. The van der Waals surface area contributed by atoms with Crippen LogP contribution in [0.5, 0.6) is 11.5 Å². The van der Waals surface area contributed by atoms with E-state index in [0.717, 1.165) is 16.2 Å². The summed E-state index contributed by atoms with van der Waals surface area (Å²) in [6.07, 6.45) is 3.00. The summed E-state index contributed by atoms with van der Waals surface area (Å²) in [6, 6.07) is 4.50. The molecule has 3 aromatic rings. The Morgan fingerprint density at radius 1 is 1.34 bits per heavy atom. The summed E-state index contributed by atoms with van der Waals surface area (Å²) < 4.78 is 5.27. The van der Waals surface area contributed by atoms with E-state index in [1.807, 2.05) is 0 Å². The number of β-lactam (4-membered cyclic amide) rings is 1. The third-order valence-corrected chi connectivity index (χ3v) is 7.86. The number of carboxylic acids is 1. The number of carbonyl (C=O) groups is 3. The van der Waals surface area contributed by atoms with Gasteiger partial charge in [-0.3, -0.25) is 14.5 Å². The minimum Gasteiger partial charge on any atom is -0.870 e. The summed E-state index contributed by atoms with van der Waals surface area (Å²) >= 11 is 2.37. The smallest absolute Gasteiger partial charge is 0.870 e. The fraction of sp³-hybridized carbons (Fsp3) is 0.167. The number of nitrogens with zero attached hydrogens (tertiary/aromatic N) is 4. The van der Waals surface area contributed by atoms with Crippen LogP contribution in [0.25, 0.3) is 17.3 Å². The van der Waals surface area contributed by atoms with Crippen molar-refractivity contribution in [2.75, 3.05) is 18.6 Å². The van der Waals surface area contributed by atoms with Gasteiger partial charge in [0.05, 0.1) is 0 Å². The second kappa shape index (κ2) is 12.4. The molecule has 0 saturated carbocycles. The second-order valence-electron chi connectivity index (χ2n) is 8.36. The number of phenolic OH excluding ortho intramolecular Hbond substituents is 1. The monoisotopic (exact) mass is 606 g/mol. The molecule has 0 radical (unpaired) electrons. The van der Waals surface area contributed by atoms with E-state index in [0.29, 0.717) is 16.8 Å². The van der Waals surface area contributed by atoms with Crippen LogP contribution in [-0.2, 0) is 19.2 Å². The molecule has 1 saturated heterocycles. The molecule has 2 atom stereocenters. The first-order chi connectivity index (χ1) is 19.2. The summed E-state index contributed by atoms with van der Waals surface area (Å²) in [7, 11) is 1.25. The number of nitrogens with two attached hydrogens (primary N) is 1. The molecule has 41 heavy (non-hydrogen) atoms. The number of fused-ring (bicyclic) bond motifs is 1. The van der Waals surface area contributed by atoms with E-state index in [9.17, 15) is 29.7 Å². The number of thioether (sulfide) groups is 1. The second-order valence-corrected chi connectivity index (χ2v) is 10.4. The zero-order chi connectivity index (χ0) is 28.6. The van der Waals surface area contributed by atoms with Gasteiger partial charge in [-0.05, 0) is 17.7 Å². The molecule has 2 aliphatic rings. The number of oxime groups is 1. The molecule has 2 aliphatic heterocycles. The third kappa shape index (κ3) is 5.96. The van der Waals surface area contributed by atoms with Crippen LogP contribution >= 0.6 is 23.1 Å². The van der Waals surface area contributed by atoms with E-state index in [-0.39, 0.29) is 63.3 Å². The number of thiazole rings is 1. The van der Waals surface area contributed by atoms with Crippen molar-refractivity contribution in [2.45, 2.75) is 11.4 Å². The Morgan fingerprint density at radius 2 is 2.12 bits per heavy atom. The predicted octanol–water partition coefficient (Wildman–Crippen LogP) is -2.03. The number of aromatic hydroxyl groups is 1. The molecule has 0 aliphatic carbocycles. The van der Waals surface area contributed by atoms with E-state index >= 15 is 0 Å². The Kier molecular flexibility index (Phi) is 9.08. The van der Waals surface area contributed by atoms with Crippen LogP contribution in [0.3, 0.4) is 0 Å². The molecular weight excluding hydrogens is 587 g/mol. The maximum Gasteiger partial charge on any atom is 1.00 e. The van der Waals surface area contributed by atoms with Gasteiger partial charge in [-0.25, -0.2) is 9.78 Å². The van der Waals surface area contributed by atoms with Crippen molar-refractivity contribution in [3.63, 3.8) is 0 Å². The third-order valence-electron chi connectivity index (χ3n) is 5.88. The number of carboxylic acid groups (broad SMARTS) is 1. The van der Waals surface area contributed by atoms with E-state index in [4.69, 9.17) is 15.1 Å². The van der Waals surface area contributed by atoms with Crippen LogP contribution < -0.4 is 45.7 Å². The van der Waals surface area contributed by atoms with Gasteiger partial charge in [-0.2, -0.15) is 0 Å². The molecule has 14 nitrogen and oxygen atoms in total. The Balaban J connectivity index is 0.00000387. The van der Waals surface area contributed by atoms with Crippen molar-refractivity contribution in [3.8, 4) is 22.8 Å². The van der Waals surface area contributed by atoms with Gasteiger partial charge in [0.25, 0.3) is 11.8 Å². The number of nitrogen functional groups attached to an aromatic ring is 1. The van der Waals surface area contributed by atoms with E-state index in [1.54, 1.807) is 6.07 Å². The number of rotatable bonds is 8. The van der Waals surface area contributed by atoms with Crippen LogP contribution in [0.15, 0.2) is 56.7 Å². The molecule has 5 N–H and O–H groups in total. The molecule has 2 aromatic heterocycles. The number of phenols is 1. The predicted molar refractivity (Wildman–Crippen MR) is 142 cm³/mol. The summed E-state index contributed by atoms with van der Waals surface area (Å²) in [6.45, 7) is 0. The first-order valence-electron chi connectivity index (χ1n) is 11.4. The van der Waals surface area contributed by atoms with Crippen LogP contribution in [0.1, 0.15) is 11.5 Å². The molecule has 17 heteroatoms. The Hall–Kier alpha value is -3.83. The summed E-state index contributed by atoms with van der Waals surface area (Å²) in [5.74, 6) is -3.09. The summed E-state index contributed by atoms with van der Waals surface area (Å²) in [4.78, 5) is 47.9. The van der Waals surface area contributed by atoms with Gasteiger partial charge in [-0.15, -0.1) is 23.1 Å². The first kappa shape index (κ1) is 30.1. The van der Waals surface area contributed by atoms with Gasteiger partial charge in [0, 0.05) is 22.8 Å². The molecule has 0 unspecified atom stereocenters. The molecule has 1 fully saturated rings. The van der Waals surface area contributed by atoms with Crippen molar-refractivity contribution in [3.05, 3.63) is 58.4 Å². The van der Waals surface area contributed by atoms with Crippen molar-refractivity contribution < 1.29 is 68.6 Å². The zero-order valence-electron chi connectivity index (χ0n) is 21.4. The number of benzene rings is 1. The van der Waals surface area contributed by atoms with Gasteiger partial charge in [0.1, 0.15) is 41.4 Å². The minimum absolute atomic E-state index is 0. The fourth-order valence-electron chi connectivity index (χ4n) is 4.04. The van der Waals surface area contributed by atoms with E-state index < -0.39 is 40.7 Å². The van der Waals surface area contributed by atoms with Gasteiger partial charge in [0.15, 0.2) is 16.6 Å². The summed E-state index contributed by atoms with van der Waals surface area (Å²) in [5, 5.41) is 42.2. The Labute approximate surface area is 261 Å². The maximum absolute atomic E-state index is 13.0. The molecule has 0 spiro atoms. The first-order valence-corrected chi connectivity index (χ1v) is 13.3. The largest absolute Gasteiger partial charge is 1.00 e. The minimum atomic E-state index is -1.31. The van der Waals surface area contributed by atoms with Crippen LogP contribution in [0, 0.1) is 0 Å². The van der Waals surface area contributed by atoms with Crippen LogP contribution in [-0.4, -0.2) is 73.0 Å². The molecule has 206 valence electrons. The van der Waals surface area contributed by atoms with Crippen molar-refractivity contribution >= 4 is 57.8 Å². The number of amides is 2. The molecule has 1 aromatic carbocycles. The normalized spacial score (nSPS) is 18.5. The number of aromatic nitrogens is 2. The van der Waals surface area contributed by atoms with Crippen molar-refractivity contribution in [1.82, 2.24) is 20.4 Å².